The molecule has 1 saturated carbocycles. The first-order chi connectivity index (χ1) is 19.9. The number of nitrogens with one attached hydrogen (secondary N) is 3. The summed E-state index contributed by atoms with van der Waals surface area (Å²) in [6, 6.07) is 0.952. The number of aliphatic hydroxyl groups is 1. The maximum Gasteiger partial charge on any atom is 0.317 e. The van der Waals surface area contributed by atoms with Crippen molar-refractivity contribution >= 4 is 22.9 Å². The smallest absolute Gasteiger partial charge is 0.317 e. The van der Waals surface area contributed by atoms with Crippen LogP contribution in [0.5, 0.6) is 0 Å². The lowest BCUT2D eigenvalue weighted by atomic mass is 9.91. The average Bonchev–Trinajstić information content (AvgIpc) is 3.38. The molecule has 0 unspecified atom stereocenters. The Morgan fingerprint density at radius 3 is 2.59 bits per heavy atom. The molecule has 2 atom stereocenters. The van der Waals surface area contributed by atoms with Crippen LogP contribution in [-0.4, -0.2) is 108 Å². The van der Waals surface area contributed by atoms with Crippen LogP contribution in [0.25, 0.3) is 22.4 Å². The first-order valence-electron chi connectivity index (χ1n) is 13.7. The third kappa shape index (κ3) is 9.01. The summed E-state index contributed by atoms with van der Waals surface area (Å²) in [5.74, 6) is -0.781. The number of pyridine rings is 1. The summed E-state index contributed by atoms with van der Waals surface area (Å²) in [7, 11) is 1.70. The number of fused-ring (bicyclic) bond motifs is 1. The largest absolute Gasteiger partial charge is 0.394 e. The number of aliphatic hydroxyl groups excluding tert-OH is 1. The number of aromatic amines is 1. The summed E-state index contributed by atoms with van der Waals surface area (Å²) in [4.78, 5) is 29.7. The molecular formula is C27H37F2N7O5. The molecule has 4 N–H and O–H groups in total. The third-order valence-electron chi connectivity index (χ3n) is 6.72. The Morgan fingerprint density at radius 1 is 1.07 bits per heavy atom. The summed E-state index contributed by atoms with van der Waals surface area (Å²) >= 11 is 0. The number of carbonyl (C=O) groups excluding carboxylic acids is 1. The molecule has 0 radical (unpaired) electrons. The maximum absolute atomic E-state index is 14.7. The van der Waals surface area contributed by atoms with Gasteiger partial charge in [-0.15, -0.1) is 0 Å². The van der Waals surface area contributed by atoms with Crippen LogP contribution in [0.15, 0.2) is 24.7 Å². The first kappa shape index (κ1) is 30.5. The Bertz CT molecular complexity index is 1260. The number of hydrogen-bond donors (Lipinski definition) is 4. The standard InChI is InChI=1S/C27H37F2N7O5/c1-36(5-7-39-9-11-41-12-10-40-8-6-37)27(38)34-20-4-2-3-19(14-20)33-26-23(29)17-32-25(35-26)22-16-31-24-21(22)13-18(28)15-30-24/h13,15-17,19-20,37H,2-12,14H2,1H3,(H,30,31)(H,34,38)(H,32,33,35)/t19-,20+/m0/s1. The third-order valence-corrected chi connectivity index (χ3v) is 6.72. The second-order valence-corrected chi connectivity index (χ2v) is 9.78. The van der Waals surface area contributed by atoms with Crippen LogP contribution in [-0.2, 0) is 14.2 Å². The van der Waals surface area contributed by atoms with E-state index >= 15 is 0 Å². The highest BCUT2D eigenvalue weighted by Gasteiger charge is 2.25. The highest BCUT2D eigenvalue weighted by atomic mass is 19.1. The van der Waals surface area contributed by atoms with Gasteiger partial charge in [-0.2, -0.15) is 0 Å². The average molecular weight is 578 g/mol. The highest BCUT2D eigenvalue weighted by Crippen LogP contribution is 2.28. The van der Waals surface area contributed by atoms with Gasteiger partial charge >= 0.3 is 6.03 Å². The van der Waals surface area contributed by atoms with Gasteiger partial charge in [-0.25, -0.2) is 28.5 Å². The molecule has 0 saturated heterocycles. The number of amides is 2. The molecule has 0 aliphatic heterocycles. The molecule has 0 bridgehead atoms. The second kappa shape index (κ2) is 15.5. The normalized spacial score (nSPS) is 17.1. The van der Waals surface area contributed by atoms with Crippen molar-refractivity contribution in [1.82, 2.24) is 30.2 Å². The molecule has 4 rings (SSSR count). The Balaban J connectivity index is 1.21. The number of nitrogens with zero attached hydrogens (tertiary/aromatic N) is 4. The number of carbonyl (C=O) groups is 1. The zero-order valence-electron chi connectivity index (χ0n) is 23.1. The Hall–Kier alpha value is -3.46. The van der Waals surface area contributed by atoms with E-state index in [1.807, 2.05) is 0 Å². The van der Waals surface area contributed by atoms with Crippen molar-refractivity contribution in [2.45, 2.75) is 37.8 Å². The van der Waals surface area contributed by atoms with E-state index in [1.165, 1.54) is 6.07 Å². The van der Waals surface area contributed by atoms with Gasteiger partial charge in [-0.3, -0.25) is 0 Å². The van der Waals surface area contributed by atoms with Gasteiger partial charge in [0.2, 0.25) is 0 Å². The lowest BCUT2D eigenvalue weighted by Crippen LogP contribution is -2.47. The molecule has 2 amide bonds. The number of ether oxygens (including phenoxy) is 3. The van der Waals surface area contributed by atoms with Crippen LogP contribution in [0, 0.1) is 11.6 Å². The predicted octanol–water partition coefficient (Wildman–Crippen LogP) is 2.70. The fourth-order valence-corrected chi connectivity index (χ4v) is 4.60. The molecule has 224 valence electrons. The molecule has 1 fully saturated rings. The minimum absolute atomic E-state index is 0.0113. The van der Waals surface area contributed by atoms with E-state index in [0.29, 0.717) is 69.2 Å². The number of likely N-dealkylation sites (N-methyl/N-ethyl adjacent to an activating group) is 1. The van der Waals surface area contributed by atoms with Gasteiger partial charge in [0.1, 0.15) is 11.5 Å². The van der Waals surface area contributed by atoms with Gasteiger partial charge in [-0.1, -0.05) is 0 Å². The molecular weight excluding hydrogens is 540 g/mol. The molecule has 3 aromatic heterocycles. The zero-order chi connectivity index (χ0) is 29.0. The monoisotopic (exact) mass is 577 g/mol. The fourth-order valence-electron chi connectivity index (χ4n) is 4.60. The predicted molar refractivity (Wildman–Crippen MR) is 147 cm³/mol. The molecule has 3 heterocycles. The van der Waals surface area contributed by atoms with Gasteiger partial charge in [0.25, 0.3) is 0 Å². The minimum atomic E-state index is -0.593. The zero-order valence-corrected chi connectivity index (χ0v) is 23.1. The molecule has 3 aromatic rings. The summed E-state index contributed by atoms with van der Waals surface area (Å²) < 4.78 is 44.4. The molecule has 12 nitrogen and oxygen atoms in total. The number of H-pyrrole nitrogens is 1. The summed E-state index contributed by atoms with van der Waals surface area (Å²) in [6.45, 7) is 2.74. The van der Waals surface area contributed by atoms with Crippen LogP contribution in [0.2, 0.25) is 0 Å². The maximum atomic E-state index is 14.7. The number of urea groups is 1. The number of halogens is 2. The minimum Gasteiger partial charge on any atom is -0.394 e. The van der Waals surface area contributed by atoms with Crippen molar-refractivity contribution in [3.8, 4) is 11.4 Å². The van der Waals surface area contributed by atoms with Crippen molar-refractivity contribution in [2.24, 2.45) is 0 Å². The summed E-state index contributed by atoms with van der Waals surface area (Å²) in [5.41, 5.74) is 1.00. The van der Waals surface area contributed by atoms with E-state index in [1.54, 1.807) is 18.1 Å². The molecule has 1 aliphatic carbocycles. The van der Waals surface area contributed by atoms with Crippen molar-refractivity contribution in [1.29, 1.82) is 0 Å². The van der Waals surface area contributed by atoms with Crippen molar-refractivity contribution in [2.75, 3.05) is 65.2 Å². The summed E-state index contributed by atoms with van der Waals surface area (Å²) in [5, 5.41) is 15.4. The molecule has 0 spiro atoms. The Morgan fingerprint density at radius 2 is 1.80 bits per heavy atom. The number of rotatable bonds is 15. The van der Waals surface area contributed by atoms with Gasteiger partial charge in [0.05, 0.1) is 58.6 Å². The van der Waals surface area contributed by atoms with Gasteiger partial charge < -0.3 is 39.8 Å². The van der Waals surface area contributed by atoms with Gasteiger partial charge in [-0.05, 0) is 31.7 Å². The van der Waals surface area contributed by atoms with E-state index in [9.17, 15) is 13.6 Å². The van der Waals surface area contributed by atoms with Gasteiger partial charge in [0, 0.05) is 42.8 Å². The molecule has 41 heavy (non-hydrogen) atoms. The second-order valence-electron chi connectivity index (χ2n) is 9.78. The number of hydrogen-bond acceptors (Lipinski definition) is 9. The van der Waals surface area contributed by atoms with E-state index in [0.717, 1.165) is 31.7 Å². The van der Waals surface area contributed by atoms with Crippen LogP contribution in [0.4, 0.5) is 19.4 Å². The quantitative estimate of drug-likeness (QED) is 0.200. The molecule has 0 aromatic carbocycles. The van der Waals surface area contributed by atoms with Crippen LogP contribution in [0.1, 0.15) is 25.7 Å². The lowest BCUT2D eigenvalue weighted by Gasteiger charge is -2.32. The Kier molecular flexibility index (Phi) is 11.5. The van der Waals surface area contributed by atoms with E-state index in [-0.39, 0.29) is 36.4 Å². The number of aromatic nitrogens is 4. The van der Waals surface area contributed by atoms with Crippen LogP contribution in [0.3, 0.4) is 0 Å². The van der Waals surface area contributed by atoms with E-state index in [4.69, 9.17) is 19.3 Å². The van der Waals surface area contributed by atoms with E-state index < -0.39 is 11.6 Å². The van der Waals surface area contributed by atoms with Crippen LogP contribution >= 0.6 is 0 Å². The SMILES string of the molecule is CN(CCOCCOCCOCCO)C(=O)N[C@@H]1CCC[C@H](Nc2nc(-c3c[nH]c4ncc(F)cc34)ncc2F)C1. The Labute approximate surface area is 236 Å². The highest BCUT2D eigenvalue weighted by molar-refractivity contribution is 5.91. The fraction of sp³-hybridized carbons (Fsp3) is 0.556. The molecule has 14 heteroatoms. The topological polar surface area (TPSA) is 147 Å². The summed E-state index contributed by atoms with van der Waals surface area (Å²) in [6.07, 6.45) is 6.90. The van der Waals surface area contributed by atoms with Crippen molar-refractivity contribution in [3.63, 3.8) is 0 Å². The van der Waals surface area contributed by atoms with Crippen molar-refractivity contribution in [3.05, 3.63) is 36.3 Å². The van der Waals surface area contributed by atoms with Gasteiger partial charge in [0.15, 0.2) is 17.5 Å². The molecule has 1 aliphatic rings. The van der Waals surface area contributed by atoms with Crippen LogP contribution < -0.4 is 10.6 Å². The first-order valence-corrected chi connectivity index (χ1v) is 13.7. The van der Waals surface area contributed by atoms with E-state index in [2.05, 4.69) is 30.6 Å². The number of anilines is 1. The van der Waals surface area contributed by atoms with Crippen molar-refractivity contribution < 1.29 is 32.9 Å². The lowest BCUT2D eigenvalue weighted by molar-refractivity contribution is 0.00627.